The Hall–Kier alpha value is -3.66. The molecule has 0 heterocycles. The number of ether oxygens (including phenoxy) is 1. The summed E-state index contributed by atoms with van der Waals surface area (Å²) < 4.78 is 28.3. The summed E-state index contributed by atoms with van der Waals surface area (Å²) in [5.74, 6) is -2.36. The third-order valence-corrected chi connectivity index (χ3v) is 6.50. The second-order valence-corrected chi connectivity index (χ2v) is 11.0. The molecule has 1 aliphatic rings. The highest BCUT2D eigenvalue weighted by Gasteiger charge is 2.31. The summed E-state index contributed by atoms with van der Waals surface area (Å²) in [5, 5.41) is 15.0. The molecule has 0 unspecified atom stereocenters. The molecule has 0 saturated heterocycles. The zero-order valence-electron chi connectivity index (χ0n) is 20.3. The van der Waals surface area contributed by atoms with Gasteiger partial charge in [-0.25, -0.2) is 13.2 Å². The summed E-state index contributed by atoms with van der Waals surface area (Å²) in [5.41, 5.74) is 4.29. The molecule has 9 nitrogen and oxygen atoms in total. The average molecular weight is 515 g/mol. The molecule has 0 aromatic heterocycles. The zero-order valence-corrected chi connectivity index (χ0v) is 21.1. The molecule has 0 fully saturated rings. The lowest BCUT2D eigenvalue weighted by Gasteiger charge is -2.24. The second-order valence-electron chi connectivity index (χ2n) is 9.06. The Bertz CT molecular complexity index is 1230. The van der Waals surface area contributed by atoms with Crippen molar-refractivity contribution >= 4 is 27.8 Å². The smallest absolute Gasteiger partial charge is 0.407 e. The number of alkyl carbamates (subject to hydrolysis) is 1. The largest absolute Gasteiger partial charge is 0.481 e. The van der Waals surface area contributed by atoms with Gasteiger partial charge in [0.05, 0.1) is 12.5 Å². The van der Waals surface area contributed by atoms with Crippen LogP contribution in [0.15, 0.2) is 60.0 Å². The summed E-state index contributed by atoms with van der Waals surface area (Å²) in [4.78, 5) is 36.7. The lowest BCUT2D eigenvalue weighted by atomic mass is 9.98. The Morgan fingerprint density at radius 1 is 1.00 bits per heavy atom. The molecular formula is C26H30N2O7S. The van der Waals surface area contributed by atoms with Crippen molar-refractivity contribution in [2.75, 3.05) is 12.9 Å². The molecule has 0 aliphatic heterocycles. The van der Waals surface area contributed by atoms with Gasteiger partial charge in [-0.2, -0.15) is 0 Å². The van der Waals surface area contributed by atoms with Crippen molar-refractivity contribution in [3.63, 3.8) is 0 Å². The number of hydrogen-bond donors (Lipinski definition) is 3. The van der Waals surface area contributed by atoms with Gasteiger partial charge in [0, 0.05) is 17.6 Å². The van der Waals surface area contributed by atoms with Crippen LogP contribution in [-0.2, 0) is 24.2 Å². The minimum atomic E-state index is -3.52. The van der Waals surface area contributed by atoms with Crippen molar-refractivity contribution in [3.05, 3.63) is 71.1 Å². The molecule has 1 aliphatic carbocycles. The Morgan fingerprint density at radius 2 is 1.56 bits per heavy atom. The van der Waals surface area contributed by atoms with Crippen molar-refractivity contribution in [1.29, 1.82) is 0 Å². The van der Waals surface area contributed by atoms with Crippen LogP contribution >= 0.6 is 0 Å². The molecule has 2 aromatic rings. The van der Waals surface area contributed by atoms with Gasteiger partial charge in [0.2, 0.25) is 5.91 Å². The van der Waals surface area contributed by atoms with Gasteiger partial charge in [-0.1, -0.05) is 68.5 Å². The van der Waals surface area contributed by atoms with Crippen LogP contribution < -0.4 is 10.6 Å². The molecular weight excluding hydrogens is 484 g/mol. The van der Waals surface area contributed by atoms with Gasteiger partial charge >= 0.3 is 12.1 Å². The van der Waals surface area contributed by atoms with E-state index in [9.17, 15) is 22.8 Å². The van der Waals surface area contributed by atoms with E-state index in [1.165, 1.54) is 0 Å². The number of aliphatic carboxylic acids is 1. The number of fused-ring (bicyclic) bond motifs is 3. The first kappa shape index (κ1) is 26.9. The fourth-order valence-electron chi connectivity index (χ4n) is 4.17. The van der Waals surface area contributed by atoms with Crippen molar-refractivity contribution in [3.8, 4) is 11.1 Å². The van der Waals surface area contributed by atoms with Crippen LogP contribution in [0.4, 0.5) is 4.79 Å². The molecule has 36 heavy (non-hydrogen) atoms. The van der Waals surface area contributed by atoms with E-state index in [2.05, 4.69) is 10.6 Å². The van der Waals surface area contributed by atoms with Crippen molar-refractivity contribution in [1.82, 2.24) is 10.6 Å². The lowest BCUT2D eigenvalue weighted by Crippen LogP contribution is -2.52. The number of carboxylic acids is 1. The molecule has 2 aromatic carbocycles. The van der Waals surface area contributed by atoms with Crippen LogP contribution in [-0.4, -0.2) is 56.4 Å². The number of carboxylic acid groups (broad SMARTS) is 1. The van der Waals surface area contributed by atoms with E-state index in [4.69, 9.17) is 9.84 Å². The number of sulfone groups is 1. The maximum Gasteiger partial charge on any atom is 0.407 e. The van der Waals surface area contributed by atoms with Gasteiger partial charge in [0.25, 0.3) is 0 Å². The Kier molecular flexibility index (Phi) is 8.52. The van der Waals surface area contributed by atoms with Crippen molar-refractivity contribution in [2.24, 2.45) is 5.92 Å². The second kappa shape index (κ2) is 11.4. The first-order valence-corrected chi connectivity index (χ1v) is 13.4. The quantitative estimate of drug-likeness (QED) is 0.443. The van der Waals surface area contributed by atoms with Crippen LogP contribution in [0, 0.1) is 5.92 Å². The van der Waals surface area contributed by atoms with Crippen molar-refractivity contribution in [2.45, 2.75) is 38.3 Å². The van der Waals surface area contributed by atoms with Crippen LogP contribution in [0.1, 0.15) is 37.3 Å². The molecule has 0 spiro atoms. The fourth-order valence-corrected chi connectivity index (χ4v) is 4.64. The Balaban J connectivity index is 1.67. The maximum absolute atomic E-state index is 12.9. The first-order chi connectivity index (χ1) is 17.0. The molecule has 0 bridgehead atoms. The summed E-state index contributed by atoms with van der Waals surface area (Å²) in [6.07, 6.45) is 0.755. The SMILES string of the molecule is CC(C)[C@H](NC(=O)OCC1c2ccccc2-c2ccccc21)C(=O)N[C@H](/C=C/S(C)(=O)=O)CC(=O)O. The van der Waals surface area contributed by atoms with E-state index in [1.54, 1.807) is 13.8 Å². The van der Waals surface area contributed by atoms with Gasteiger partial charge < -0.3 is 20.5 Å². The minimum absolute atomic E-state index is 0.0744. The predicted molar refractivity (Wildman–Crippen MR) is 135 cm³/mol. The highest BCUT2D eigenvalue weighted by atomic mass is 32.2. The molecule has 3 rings (SSSR count). The third kappa shape index (κ3) is 6.94. The first-order valence-electron chi connectivity index (χ1n) is 11.5. The van der Waals surface area contributed by atoms with Gasteiger partial charge in [-0.3, -0.25) is 9.59 Å². The van der Waals surface area contributed by atoms with Crippen LogP contribution in [0.25, 0.3) is 11.1 Å². The summed E-state index contributed by atoms with van der Waals surface area (Å²) in [6.45, 7) is 3.50. The number of nitrogens with one attached hydrogen (secondary N) is 2. The molecule has 2 atom stereocenters. The number of rotatable bonds is 10. The summed E-state index contributed by atoms with van der Waals surface area (Å²) in [7, 11) is -3.52. The third-order valence-electron chi connectivity index (χ3n) is 5.85. The maximum atomic E-state index is 12.9. The fraction of sp³-hybridized carbons (Fsp3) is 0.346. The Morgan fingerprint density at radius 3 is 2.06 bits per heavy atom. The molecule has 0 radical (unpaired) electrons. The highest BCUT2D eigenvalue weighted by Crippen LogP contribution is 2.44. The van der Waals surface area contributed by atoms with E-state index in [0.29, 0.717) is 0 Å². The number of amides is 2. The van der Waals surface area contributed by atoms with Gasteiger partial charge in [0.15, 0.2) is 9.84 Å². The van der Waals surface area contributed by atoms with E-state index >= 15 is 0 Å². The number of carbonyl (C=O) groups excluding carboxylic acids is 2. The van der Waals surface area contributed by atoms with Gasteiger partial charge in [-0.05, 0) is 28.2 Å². The standard InChI is InChI=1S/C26H30N2O7S/c1-16(2)24(25(31)27-17(14-23(29)30)12-13-36(3,33)34)28-26(32)35-15-22-20-10-6-4-8-18(20)19-9-5-7-11-21(19)22/h4-13,16-17,22,24H,14-15H2,1-3H3,(H,27,31)(H,28,32)(H,29,30)/b13-12+/t17-,24+/m1/s1. The van der Waals surface area contributed by atoms with E-state index in [-0.39, 0.29) is 18.4 Å². The lowest BCUT2D eigenvalue weighted by molar-refractivity contribution is -0.137. The molecule has 0 saturated carbocycles. The number of carbonyl (C=O) groups is 3. The highest BCUT2D eigenvalue weighted by molar-refractivity contribution is 7.93. The van der Waals surface area contributed by atoms with E-state index < -0.39 is 46.3 Å². The Labute approximate surface area is 210 Å². The average Bonchev–Trinajstić information content (AvgIpc) is 3.12. The molecule has 192 valence electrons. The predicted octanol–water partition coefficient (Wildman–Crippen LogP) is 3.07. The van der Waals surface area contributed by atoms with E-state index in [1.807, 2.05) is 48.5 Å². The van der Waals surface area contributed by atoms with Crippen LogP contribution in [0.2, 0.25) is 0 Å². The van der Waals surface area contributed by atoms with E-state index in [0.717, 1.165) is 40.0 Å². The van der Waals surface area contributed by atoms with Gasteiger partial charge in [-0.15, -0.1) is 0 Å². The topological polar surface area (TPSA) is 139 Å². The summed E-state index contributed by atoms with van der Waals surface area (Å²) in [6, 6.07) is 13.7. The normalized spacial score (nSPS) is 14.7. The number of hydrogen-bond acceptors (Lipinski definition) is 6. The van der Waals surface area contributed by atoms with Crippen LogP contribution in [0.5, 0.6) is 0 Å². The molecule has 3 N–H and O–H groups in total. The van der Waals surface area contributed by atoms with Crippen molar-refractivity contribution < 1.29 is 32.6 Å². The zero-order chi connectivity index (χ0) is 26.5. The molecule has 2 amide bonds. The number of benzene rings is 2. The molecule has 10 heteroatoms. The monoisotopic (exact) mass is 514 g/mol. The van der Waals surface area contributed by atoms with Crippen LogP contribution in [0.3, 0.4) is 0 Å². The van der Waals surface area contributed by atoms with Gasteiger partial charge in [0.1, 0.15) is 12.6 Å². The summed E-state index contributed by atoms with van der Waals surface area (Å²) >= 11 is 0. The minimum Gasteiger partial charge on any atom is -0.481 e.